The van der Waals surface area contributed by atoms with E-state index in [4.69, 9.17) is 4.74 Å². The number of nitrogens with zero attached hydrogens (tertiary/aromatic N) is 2. The highest BCUT2D eigenvalue weighted by molar-refractivity contribution is 9.10. The van der Waals surface area contributed by atoms with Crippen LogP contribution in [0.1, 0.15) is 11.5 Å². The van der Waals surface area contributed by atoms with Gasteiger partial charge in [0, 0.05) is 41.8 Å². The largest absolute Gasteiger partial charge is 0.497 e. The maximum absolute atomic E-state index is 13.0. The van der Waals surface area contributed by atoms with Crippen molar-refractivity contribution in [2.24, 2.45) is 0 Å². The molecule has 2 saturated heterocycles. The van der Waals surface area contributed by atoms with Gasteiger partial charge in [0.15, 0.2) is 0 Å². The van der Waals surface area contributed by atoms with Crippen LogP contribution in [0.5, 0.6) is 5.75 Å². The lowest BCUT2D eigenvalue weighted by Crippen LogP contribution is -2.65. The summed E-state index contributed by atoms with van der Waals surface area (Å²) in [6.07, 6.45) is -1.88. The number of halogens is 1. The number of hydrogen-bond donors (Lipinski definition) is 3. The van der Waals surface area contributed by atoms with Gasteiger partial charge in [-0.15, -0.1) is 0 Å². The minimum atomic E-state index is -0.987. The molecule has 0 radical (unpaired) electrons. The zero-order chi connectivity index (χ0) is 21.3. The summed E-state index contributed by atoms with van der Waals surface area (Å²) in [4.78, 5) is 16.7. The van der Waals surface area contributed by atoms with Crippen LogP contribution in [0, 0.1) is 0 Å². The van der Waals surface area contributed by atoms with Crippen molar-refractivity contribution in [1.29, 1.82) is 0 Å². The van der Waals surface area contributed by atoms with Gasteiger partial charge in [-0.05, 0) is 42.0 Å². The molecular formula is C22H26BrN3O4. The Labute approximate surface area is 184 Å². The van der Waals surface area contributed by atoms with Crippen molar-refractivity contribution in [3.63, 3.8) is 0 Å². The van der Waals surface area contributed by atoms with Crippen LogP contribution in [0.25, 0.3) is 0 Å². The van der Waals surface area contributed by atoms with Crippen LogP contribution < -0.4 is 10.1 Å². The number of methoxy groups -OCH3 is 1. The topological polar surface area (TPSA) is 85.3 Å². The number of fused-ring (bicyclic) bond motifs is 1. The maximum Gasteiger partial charge on any atom is 0.321 e. The highest BCUT2D eigenvalue weighted by atomic mass is 79.9. The van der Waals surface area contributed by atoms with Crippen LogP contribution in [-0.2, 0) is 0 Å². The molecule has 2 amide bonds. The summed E-state index contributed by atoms with van der Waals surface area (Å²) in [6.45, 7) is 1.77. The number of aliphatic hydroxyl groups is 2. The van der Waals surface area contributed by atoms with E-state index < -0.39 is 12.2 Å². The van der Waals surface area contributed by atoms with Crippen LogP contribution in [0.4, 0.5) is 10.5 Å². The van der Waals surface area contributed by atoms with E-state index in [1.54, 1.807) is 36.3 Å². The number of aliphatic hydroxyl groups excluding tert-OH is 2. The number of urea groups is 1. The van der Waals surface area contributed by atoms with Crippen LogP contribution in [0.15, 0.2) is 53.0 Å². The van der Waals surface area contributed by atoms with Crippen molar-refractivity contribution in [3.8, 4) is 5.75 Å². The molecule has 0 aromatic heterocycles. The number of anilines is 1. The molecule has 8 heteroatoms. The molecule has 2 aromatic rings. The fourth-order valence-corrected chi connectivity index (χ4v) is 4.43. The Balaban J connectivity index is 1.50. The lowest BCUT2D eigenvalue weighted by atomic mass is 9.81. The molecule has 160 valence electrons. The van der Waals surface area contributed by atoms with Crippen molar-refractivity contribution in [1.82, 2.24) is 9.80 Å². The first-order valence-electron chi connectivity index (χ1n) is 10.00. The summed E-state index contributed by atoms with van der Waals surface area (Å²) in [6, 6.07) is 15.1. The molecule has 0 unspecified atom stereocenters. The number of benzene rings is 2. The van der Waals surface area contributed by atoms with Gasteiger partial charge in [0.1, 0.15) is 5.75 Å². The number of rotatable bonds is 3. The van der Waals surface area contributed by atoms with Gasteiger partial charge in [-0.3, -0.25) is 4.90 Å². The first-order chi connectivity index (χ1) is 14.4. The van der Waals surface area contributed by atoms with Crippen LogP contribution >= 0.6 is 15.9 Å². The molecule has 4 atom stereocenters. The Bertz CT molecular complexity index is 877. The van der Waals surface area contributed by atoms with Gasteiger partial charge >= 0.3 is 6.03 Å². The number of nitrogens with one attached hydrogen (secondary N) is 1. The highest BCUT2D eigenvalue weighted by Gasteiger charge is 2.44. The Kier molecular flexibility index (Phi) is 6.29. The molecule has 3 N–H and O–H groups in total. The smallest absolute Gasteiger partial charge is 0.321 e. The molecule has 2 aliphatic rings. The summed E-state index contributed by atoms with van der Waals surface area (Å²) in [5.74, 6) is 0.983. The fourth-order valence-electron chi connectivity index (χ4n) is 4.17. The van der Waals surface area contributed by atoms with Gasteiger partial charge in [-0.2, -0.15) is 0 Å². The molecule has 2 heterocycles. The zero-order valence-corrected chi connectivity index (χ0v) is 18.3. The normalized spacial score (nSPS) is 26.7. The van der Waals surface area contributed by atoms with E-state index in [1.807, 2.05) is 12.1 Å². The quantitative estimate of drug-likeness (QED) is 0.634. The van der Waals surface area contributed by atoms with E-state index in [0.29, 0.717) is 24.5 Å². The molecule has 0 aliphatic carbocycles. The number of hydrogen-bond acceptors (Lipinski definition) is 5. The predicted octanol–water partition coefficient (Wildman–Crippen LogP) is 2.50. The van der Waals surface area contributed by atoms with E-state index in [-0.39, 0.29) is 24.5 Å². The van der Waals surface area contributed by atoms with Gasteiger partial charge in [0.25, 0.3) is 0 Å². The van der Waals surface area contributed by atoms with Crippen LogP contribution in [0.3, 0.4) is 0 Å². The fraction of sp³-hybridized carbons (Fsp3) is 0.409. The second-order valence-corrected chi connectivity index (χ2v) is 8.79. The molecule has 0 saturated carbocycles. The second-order valence-electron chi connectivity index (χ2n) is 7.88. The first kappa shape index (κ1) is 21.1. The molecule has 0 bridgehead atoms. The number of β-amino-alcohol motifs (C(OH)–C–C–N with tert-alkyl or cyclic N) is 1. The molecule has 4 rings (SSSR count). The van der Waals surface area contributed by atoms with E-state index in [9.17, 15) is 15.0 Å². The van der Waals surface area contributed by atoms with Crippen molar-refractivity contribution >= 4 is 27.6 Å². The Morgan fingerprint density at radius 1 is 1.00 bits per heavy atom. The average molecular weight is 476 g/mol. The average Bonchev–Trinajstić information content (AvgIpc) is 2.74. The van der Waals surface area contributed by atoms with Crippen LogP contribution in [0.2, 0.25) is 0 Å². The number of carbonyl (C=O) groups excluding carboxylic acids is 1. The van der Waals surface area contributed by atoms with E-state index >= 15 is 0 Å². The summed E-state index contributed by atoms with van der Waals surface area (Å²) in [5, 5.41) is 23.6. The van der Waals surface area contributed by atoms with E-state index in [1.165, 1.54) is 5.56 Å². The Hall–Kier alpha value is -2.13. The number of carbonyl (C=O) groups is 1. The molecular weight excluding hydrogens is 450 g/mol. The summed E-state index contributed by atoms with van der Waals surface area (Å²) in [5.41, 5.74) is 1.86. The Morgan fingerprint density at radius 2 is 1.67 bits per heavy atom. The maximum atomic E-state index is 13.0. The third-order valence-electron chi connectivity index (χ3n) is 5.97. The van der Waals surface area contributed by atoms with Crippen molar-refractivity contribution in [3.05, 3.63) is 58.6 Å². The number of amides is 2. The minimum Gasteiger partial charge on any atom is -0.497 e. The SMILES string of the molecule is COc1ccc(NC(=O)N2C[C@H](O)[C@H](O)CN3C[C@H](c4ccc(Br)cc4)[C@@H]3C2)cc1. The predicted molar refractivity (Wildman–Crippen MR) is 118 cm³/mol. The van der Waals surface area contributed by atoms with Gasteiger partial charge in [-0.1, -0.05) is 28.1 Å². The standard InChI is InChI=1S/C22H26BrN3O4/c1-30-17-8-6-16(7-9-17)24-22(29)26-11-19-18(14-2-4-15(23)5-3-14)10-25(19)12-20(27)21(28)13-26/h2-9,18-21,27-28H,10-13H2,1H3,(H,24,29)/t18-,19+,20-,21+/m1/s1. The van der Waals surface area contributed by atoms with Crippen molar-refractivity contribution in [2.75, 3.05) is 38.6 Å². The lowest BCUT2D eigenvalue weighted by molar-refractivity contribution is -0.0720. The molecule has 30 heavy (non-hydrogen) atoms. The summed E-state index contributed by atoms with van der Waals surface area (Å²) >= 11 is 3.47. The summed E-state index contributed by atoms with van der Waals surface area (Å²) < 4.78 is 6.18. The third kappa shape index (κ3) is 4.46. The first-order valence-corrected chi connectivity index (χ1v) is 10.8. The molecule has 0 spiro atoms. The van der Waals surface area contributed by atoms with E-state index in [0.717, 1.165) is 11.0 Å². The molecule has 2 aliphatic heterocycles. The van der Waals surface area contributed by atoms with Gasteiger partial charge in [0.2, 0.25) is 0 Å². The minimum absolute atomic E-state index is 0.0839. The molecule has 2 fully saturated rings. The van der Waals surface area contributed by atoms with Crippen LogP contribution in [-0.4, -0.2) is 77.6 Å². The van der Waals surface area contributed by atoms with E-state index in [2.05, 4.69) is 38.3 Å². The molecule has 7 nitrogen and oxygen atoms in total. The van der Waals surface area contributed by atoms with Crippen molar-refractivity contribution in [2.45, 2.75) is 24.2 Å². The third-order valence-corrected chi connectivity index (χ3v) is 6.50. The highest BCUT2D eigenvalue weighted by Crippen LogP contribution is 2.36. The second kappa shape index (κ2) is 8.93. The number of ether oxygens (including phenoxy) is 1. The molecule has 2 aromatic carbocycles. The lowest BCUT2D eigenvalue weighted by Gasteiger charge is -2.52. The van der Waals surface area contributed by atoms with Crippen molar-refractivity contribution < 1.29 is 19.7 Å². The van der Waals surface area contributed by atoms with Gasteiger partial charge in [-0.25, -0.2) is 4.79 Å². The van der Waals surface area contributed by atoms with Gasteiger partial charge < -0.3 is 25.2 Å². The van der Waals surface area contributed by atoms with Gasteiger partial charge in [0.05, 0.1) is 25.9 Å². The Morgan fingerprint density at radius 3 is 2.33 bits per heavy atom. The zero-order valence-electron chi connectivity index (χ0n) is 16.7. The summed E-state index contributed by atoms with van der Waals surface area (Å²) in [7, 11) is 1.59. The monoisotopic (exact) mass is 475 g/mol.